The first kappa shape index (κ1) is 31.3. The molecule has 2 unspecified atom stereocenters. The predicted octanol–water partition coefficient (Wildman–Crippen LogP) is -0.284. The van der Waals surface area contributed by atoms with Crippen molar-refractivity contribution in [3.05, 3.63) is 80.6 Å². The third kappa shape index (κ3) is 6.68. The van der Waals surface area contributed by atoms with E-state index in [0.717, 1.165) is 12.1 Å². The first-order chi connectivity index (χ1) is 21.5. The van der Waals surface area contributed by atoms with E-state index < -0.39 is 40.8 Å². The summed E-state index contributed by atoms with van der Waals surface area (Å²) in [5, 5.41) is 23.2. The molecular formula is C25H29ClF2N14O3. The van der Waals surface area contributed by atoms with Gasteiger partial charge in [0.25, 0.3) is 17.4 Å². The fourth-order valence-electron chi connectivity index (χ4n) is 5.28. The van der Waals surface area contributed by atoms with Gasteiger partial charge >= 0.3 is 0 Å². The zero-order chi connectivity index (χ0) is 32.3. The highest BCUT2D eigenvalue weighted by molar-refractivity contribution is 6.29. The fourth-order valence-corrected chi connectivity index (χ4v) is 5.49. The van der Waals surface area contributed by atoms with Crippen LogP contribution in [0.2, 0.25) is 0 Å². The van der Waals surface area contributed by atoms with E-state index in [9.17, 15) is 23.2 Å². The Bertz CT molecular complexity index is 1670. The molecule has 4 heterocycles. The second kappa shape index (κ2) is 12.8. The minimum absolute atomic E-state index is 0.0293. The maximum absolute atomic E-state index is 13.7. The van der Waals surface area contributed by atoms with Gasteiger partial charge in [-0.25, -0.2) is 19.6 Å². The van der Waals surface area contributed by atoms with Gasteiger partial charge < -0.3 is 31.8 Å². The van der Waals surface area contributed by atoms with Crippen molar-refractivity contribution in [1.82, 2.24) is 30.4 Å². The van der Waals surface area contributed by atoms with Gasteiger partial charge in [0.15, 0.2) is 23.6 Å². The Kier molecular flexibility index (Phi) is 8.91. The zero-order valence-corrected chi connectivity index (χ0v) is 24.3. The van der Waals surface area contributed by atoms with E-state index in [2.05, 4.69) is 36.6 Å². The number of aromatic nitrogens is 1. The van der Waals surface area contributed by atoms with Crippen molar-refractivity contribution in [2.45, 2.75) is 37.1 Å². The summed E-state index contributed by atoms with van der Waals surface area (Å²) in [6.07, 6.45) is 1.26. The summed E-state index contributed by atoms with van der Waals surface area (Å²) in [5.74, 6) is 13.7. The molecule has 2 atom stereocenters. The summed E-state index contributed by atoms with van der Waals surface area (Å²) < 4.78 is 28.2. The third-order valence-corrected chi connectivity index (χ3v) is 7.87. The van der Waals surface area contributed by atoms with E-state index in [0.29, 0.717) is 31.5 Å². The molecule has 2 aromatic rings. The standard InChI is InChI=1S/C25H29ClF2N14O3/c26-19-21(37-39-30)33-20(36-38-29)18(32-19)22(44)34-24-35-25(12-42(24)31)5-7-40(8-6-25)23(45)14-2-4-17(43)41(11-14)10-13-1-3-15(27)16(28)9-13/h1-4,9,11,18,20,32-33H,5-8,10,12,31H2,(H2,29,36)(H2,30,37)(H,34,35,44). The number of guanidine groups is 1. The van der Waals surface area contributed by atoms with Crippen LogP contribution in [0.5, 0.6) is 0 Å². The number of benzene rings is 1. The first-order valence-corrected chi connectivity index (χ1v) is 13.9. The molecule has 2 amide bonds. The average Bonchev–Trinajstić information content (AvgIpc) is 3.31. The lowest BCUT2D eigenvalue weighted by Crippen LogP contribution is -2.60. The number of nitrogens with one attached hydrogen (secondary N) is 3. The smallest absolute Gasteiger partial charge is 0.255 e. The number of aliphatic imine (C=N–C) groups is 1. The van der Waals surface area contributed by atoms with Crippen LogP contribution in [0.4, 0.5) is 8.78 Å². The predicted molar refractivity (Wildman–Crippen MR) is 155 cm³/mol. The molecule has 3 aliphatic heterocycles. The molecule has 0 radical (unpaired) electrons. The number of nitrogens with two attached hydrogens (primary N) is 3. The average molecular weight is 647 g/mol. The molecule has 1 saturated heterocycles. The van der Waals surface area contributed by atoms with Crippen LogP contribution >= 0.6 is 11.6 Å². The number of hydrazine groups is 1. The molecule has 5 rings (SSSR count). The fraction of sp³-hybridized carbons (Fsp3) is 0.360. The van der Waals surface area contributed by atoms with Crippen LogP contribution in [0, 0.1) is 11.6 Å². The van der Waals surface area contributed by atoms with Gasteiger partial charge in [-0.15, -0.1) is 10.2 Å². The first-order valence-electron chi connectivity index (χ1n) is 13.5. The van der Waals surface area contributed by atoms with Crippen LogP contribution in [-0.2, 0) is 11.3 Å². The summed E-state index contributed by atoms with van der Waals surface area (Å²) in [4.78, 5) is 45.3. The number of amides is 2. The van der Waals surface area contributed by atoms with Gasteiger partial charge in [0.1, 0.15) is 11.2 Å². The maximum atomic E-state index is 13.7. The molecule has 17 nitrogen and oxygen atoms in total. The van der Waals surface area contributed by atoms with Gasteiger partial charge in [-0.3, -0.25) is 24.7 Å². The van der Waals surface area contributed by atoms with Gasteiger partial charge in [0, 0.05) is 25.4 Å². The number of hydrogen-bond acceptors (Lipinski definition) is 12. The normalized spacial score (nSPS) is 21.3. The molecule has 0 saturated carbocycles. The Morgan fingerprint density at radius 1 is 1.11 bits per heavy atom. The van der Waals surface area contributed by atoms with E-state index in [1.165, 1.54) is 34.0 Å². The molecule has 1 spiro atoms. The largest absolute Gasteiger partial charge is 0.358 e. The Labute approximate surface area is 258 Å². The number of rotatable bonds is 6. The summed E-state index contributed by atoms with van der Waals surface area (Å²) >= 11 is 6.15. The molecule has 1 aromatic carbocycles. The quantitative estimate of drug-likeness (QED) is 0.104. The highest BCUT2D eigenvalue weighted by atomic mass is 35.5. The molecule has 45 heavy (non-hydrogen) atoms. The van der Waals surface area contributed by atoms with Crippen LogP contribution in [0.15, 0.2) is 78.0 Å². The van der Waals surface area contributed by atoms with E-state index >= 15 is 0 Å². The number of hydrogen-bond donors (Lipinski definition) is 6. The molecule has 0 bridgehead atoms. The number of nitrogens with zero attached hydrogens (tertiary/aromatic N) is 8. The SMILES string of the molecule is NN=NC1=C(Cl)NC(C(=O)NC2=NC3(CCN(C(=O)c4ccc(=O)n(Cc5ccc(F)c(F)c5)c4)CC3)CN2N)C(N=NN)N1. The van der Waals surface area contributed by atoms with E-state index in [1.807, 2.05) is 0 Å². The molecule has 3 aliphatic rings. The second-order valence-electron chi connectivity index (χ2n) is 10.5. The number of pyridine rings is 1. The van der Waals surface area contributed by atoms with Gasteiger partial charge in [-0.05, 0) is 36.6 Å². The number of carbonyl (C=O) groups excluding carboxylic acids is 2. The van der Waals surface area contributed by atoms with E-state index in [4.69, 9.17) is 34.1 Å². The van der Waals surface area contributed by atoms with Crippen LogP contribution in [0.1, 0.15) is 28.8 Å². The van der Waals surface area contributed by atoms with Crippen molar-refractivity contribution >= 4 is 29.4 Å². The van der Waals surface area contributed by atoms with Crippen molar-refractivity contribution < 1.29 is 18.4 Å². The maximum Gasteiger partial charge on any atom is 0.255 e. The Hall–Kier alpha value is -5.17. The number of halogens is 3. The Morgan fingerprint density at radius 2 is 1.87 bits per heavy atom. The minimum atomic E-state index is -1.08. The van der Waals surface area contributed by atoms with Crippen LogP contribution in [0.3, 0.4) is 0 Å². The molecule has 9 N–H and O–H groups in total. The monoisotopic (exact) mass is 646 g/mol. The molecule has 1 aromatic heterocycles. The number of likely N-dealkylation sites (tertiary alicyclic amines) is 1. The highest BCUT2D eigenvalue weighted by Gasteiger charge is 2.44. The Morgan fingerprint density at radius 3 is 2.56 bits per heavy atom. The lowest BCUT2D eigenvalue weighted by Gasteiger charge is -2.37. The van der Waals surface area contributed by atoms with Gasteiger partial charge in [0.05, 0.1) is 24.2 Å². The van der Waals surface area contributed by atoms with Crippen LogP contribution in [-0.4, -0.2) is 69.6 Å². The number of carbonyl (C=O) groups is 2. The molecule has 20 heteroatoms. The van der Waals surface area contributed by atoms with E-state index in [-0.39, 0.29) is 41.5 Å². The second-order valence-corrected chi connectivity index (χ2v) is 10.9. The molecular weight excluding hydrogens is 618 g/mol. The van der Waals surface area contributed by atoms with E-state index in [1.54, 1.807) is 4.90 Å². The summed E-state index contributed by atoms with van der Waals surface area (Å²) in [7, 11) is 0. The van der Waals surface area contributed by atoms with Crippen molar-refractivity contribution in [2.24, 2.45) is 43.2 Å². The Balaban J connectivity index is 1.23. The van der Waals surface area contributed by atoms with Gasteiger partial charge in [-0.1, -0.05) is 28.1 Å². The van der Waals surface area contributed by atoms with Crippen molar-refractivity contribution in [3.63, 3.8) is 0 Å². The van der Waals surface area contributed by atoms with Crippen LogP contribution in [0.25, 0.3) is 0 Å². The summed E-state index contributed by atoms with van der Waals surface area (Å²) in [5.41, 5.74) is -0.437. The van der Waals surface area contributed by atoms with Crippen molar-refractivity contribution in [2.75, 3.05) is 19.6 Å². The lowest BCUT2D eigenvalue weighted by molar-refractivity contribution is -0.122. The zero-order valence-electron chi connectivity index (χ0n) is 23.5. The van der Waals surface area contributed by atoms with Crippen molar-refractivity contribution in [3.8, 4) is 0 Å². The topological polar surface area (TPSA) is 239 Å². The molecule has 1 fully saturated rings. The van der Waals surface area contributed by atoms with Gasteiger partial charge in [-0.2, -0.15) is 0 Å². The minimum Gasteiger partial charge on any atom is -0.358 e. The van der Waals surface area contributed by atoms with Crippen molar-refractivity contribution in [1.29, 1.82) is 0 Å². The molecule has 0 aliphatic carbocycles. The number of piperidine rings is 1. The highest BCUT2D eigenvalue weighted by Crippen LogP contribution is 2.31. The van der Waals surface area contributed by atoms with Gasteiger partial charge in [0.2, 0.25) is 5.96 Å². The molecule has 238 valence electrons. The third-order valence-electron chi connectivity index (χ3n) is 7.59. The summed E-state index contributed by atoms with van der Waals surface area (Å²) in [6.45, 7) is 0.894. The lowest BCUT2D eigenvalue weighted by atomic mass is 9.88. The van der Waals surface area contributed by atoms with Crippen LogP contribution < -0.4 is 39.0 Å². The summed E-state index contributed by atoms with van der Waals surface area (Å²) in [6, 6.07) is 4.95.